The van der Waals surface area contributed by atoms with Gasteiger partial charge in [0.1, 0.15) is 0 Å². The Hall–Kier alpha value is -1.84. The van der Waals surface area contributed by atoms with Crippen molar-refractivity contribution in [3.63, 3.8) is 0 Å². The van der Waals surface area contributed by atoms with Gasteiger partial charge in [0.2, 0.25) is 5.91 Å². The average molecular weight is 303 g/mol. The first kappa shape index (κ1) is 16.5. The van der Waals surface area contributed by atoms with Gasteiger partial charge in [-0.1, -0.05) is 38.1 Å². The van der Waals surface area contributed by atoms with Crippen LogP contribution in [0.25, 0.3) is 0 Å². The molecule has 4 heteroatoms. The maximum absolute atomic E-state index is 12.0. The van der Waals surface area contributed by atoms with Crippen LogP contribution >= 0.6 is 0 Å². The zero-order valence-corrected chi connectivity index (χ0v) is 13.3. The minimum absolute atomic E-state index is 0.0874. The lowest BCUT2D eigenvalue weighted by molar-refractivity contribution is -0.137. The summed E-state index contributed by atoms with van der Waals surface area (Å²) in [6.45, 7) is 4.92. The van der Waals surface area contributed by atoms with Crippen LogP contribution in [-0.2, 0) is 9.59 Å². The van der Waals surface area contributed by atoms with Crippen molar-refractivity contribution < 1.29 is 14.7 Å². The fraction of sp³-hybridized carbons (Fsp3) is 0.556. The highest BCUT2D eigenvalue weighted by Crippen LogP contribution is 2.47. The number of aliphatic carboxylic acids is 1. The third kappa shape index (κ3) is 4.58. The predicted octanol–water partition coefficient (Wildman–Crippen LogP) is 3.28. The Morgan fingerprint density at radius 3 is 2.50 bits per heavy atom. The summed E-state index contributed by atoms with van der Waals surface area (Å²) >= 11 is 0. The van der Waals surface area contributed by atoms with Gasteiger partial charge in [-0.15, -0.1) is 0 Å². The Labute approximate surface area is 131 Å². The van der Waals surface area contributed by atoms with E-state index in [4.69, 9.17) is 5.11 Å². The summed E-state index contributed by atoms with van der Waals surface area (Å²) in [6.07, 6.45) is 2.42. The van der Waals surface area contributed by atoms with Crippen molar-refractivity contribution in [3.8, 4) is 0 Å². The summed E-state index contributed by atoms with van der Waals surface area (Å²) in [4.78, 5) is 22.4. The number of carbonyl (C=O) groups excluding carboxylic acids is 1. The SMILES string of the molecule is CC(C)c1ccc(C2CC2C(=O)NCCCCC(=O)O)cc1. The number of benzene rings is 1. The summed E-state index contributed by atoms with van der Waals surface area (Å²) in [5, 5.41) is 11.5. The smallest absolute Gasteiger partial charge is 0.303 e. The molecule has 22 heavy (non-hydrogen) atoms. The molecule has 2 rings (SSSR count). The van der Waals surface area contributed by atoms with Gasteiger partial charge in [0.25, 0.3) is 0 Å². The van der Waals surface area contributed by atoms with Gasteiger partial charge < -0.3 is 10.4 Å². The maximum atomic E-state index is 12.0. The summed E-state index contributed by atoms with van der Waals surface area (Å²) in [5.41, 5.74) is 2.57. The molecule has 0 aliphatic heterocycles. The van der Waals surface area contributed by atoms with E-state index in [-0.39, 0.29) is 18.2 Å². The van der Waals surface area contributed by atoms with Crippen LogP contribution in [0, 0.1) is 5.92 Å². The molecule has 2 N–H and O–H groups in total. The first-order valence-electron chi connectivity index (χ1n) is 8.08. The van der Waals surface area contributed by atoms with Gasteiger partial charge in [-0.2, -0.15) is 0 Å². The van der Waals surface area contributed by atoms with Crippen LogP contribution in [0.5, 0.6) is 0 Å². The van der Waals surface area contributed by atoms with Crippen molar-refractivity contribution in [2.75, 3.05) is 6.54 Å². The van der Waals surface area contributed by atoms with Gasteiger partial charge in [0.05, 0.1) is 0 Å². The Bertz CT molecular complexity index is 522. The molecule has 1 fully saturated rings. The normalized spacial score (nSPS) is 20.0. The molecule has 1 amide bonds. The number of nitrogens with one attached hydrogen (secondary N) is 1. The van der Waals surface area contributed by atoms with Crippen molar-refractivity contribution in [3.05, 3.63) is 35.4 Å². The van der Waals surface area contributed by atoms with Crippen LogP contribution in [0.15, 0.2) is 24.3 Å². The Morgan fingerprint density at radius 1 is 1.23 bits per heavy atom. The number of carbonyl (C=O) groups is 2. The third-order valence-corrected chi connectivity index (χ3v) is 4.28. The van der Waals surface area contributed by atoms with E-state index in [1.807, 2.05) is 0 Å². The van der Waals surface area contributed by atoms with E-state index in [2.05, 4.69) is 43.4 Å². The zero-order valence-electron chi connectivity index (χ0n) is 13.3. The highest BCUT2D eigenvalue weighted by molar-refractivity contribution is 5.82. The van der Waals surface area contributed by atoms with Gasteiger partial charge in [-0.05, 0) is 42.2 Å². The lowest BCUT2D eigenvalue weighted by Gasteiger charge is -2.07. The molecular weight excluding hydrogens is 278 g/mol. The van der Waals surface area contributed by atoms with E-state index >= 15 is 0 Å². The molecule has 1 aromatic carbocycles. The Kier molecular flexibility index (Phi) is 5.58. The summed E-state index contributed by atoms with van der Waals surface area (Å²) < 4.78 is 0. The predicted molar refractivity (Wildman–Crippen MR) is 85.9 cm³/mol. The number of amides is 1. The second kappa shape index (κ2) is 7.43. The van der Waals surface area contributed by atoms with Gasteiger partial charge in [0.15, 0.2) is 0 Å². The summed E-state index contributed by atoms with van der Waals surface area (Å²) in [7, 11) is 0. The van der Waals surface area contributed by atoms with Gasteiger partial charge in [-0.3, -0.25) is 9.59 Å². The van der Waals surface area contributed by atoms with Crippen molar-refractivity contribution in [2.24, 2.45) is 5.92 Å². The lowest BCUT2D eigenvalue weighted by Crippen LogP contribution is -2.26. The van der Waals surface area contributed by atoms with Crippen LogP contribution in [0.4, 0.5) is 0 Å². The molecule has 0 aromatic heterocycles. The molecule has 2 atom stereocenters. The van der Waals surface area contributed by atoms with E-state index in [0.717, 1.165) is 12.8 Å². The third-order valence-electron chi connectivity index (χ3n) is 4.28. The lowest BCUT2D eigenvalue weighted by atomic mass is 10.00. The molecule has 0 bridgehead atoms. The number of hydrogen-bond acceptors (Lipinski definition) is 2. The highest BCUT2D eigenvalue weighted by atomic mass is 16.4. The van der Waals surface area contributed by atoms with E-state index in [0.29, 0.717) is 24.8 Å². The summed E-state index contributed by atoms with van der Waals surface area (Å²) in [6, 6.07) is 8.58. The van der Waals surface area contributed by atoms with Crippen LogP contribution in [0.3, 0.4) is 0 Å². The van der Waals surface area contributed by atoms with Crippen molar-refractivity contribution >= 4 is 11.9 Å². The molecule has 4 nitrogen and oxygen atoms in total. The highest BCUT2D eigenvalue weighted by Gasteiger charge is 2.43. The van der Waals surface area contributed by atoms with Crippen molar-refractivity contribution in [1.82, 2.24) is 5.32 Å². The molecule has 1 aliphatic carbocycles. The molecule has 0 saturated heterocycles. The fourth-order valence-electron chi connectivity index (χ4n) is 2.73. The first-order chi connectivity index (χ1) is 10.5. The minimum Gasteiger partial charge on any atom is -0.481 e. The van der Waals surface area contributed by atoms with Crippen LogP contribution in [0.2, 0.25) is 0 Å². The van der Waals surface area contributed by atoms with Crippen molar-refractivity contribution in [1.29, 1.82) is 0 Å². The Balaban J connectivity index is 1.72. The van der Waals surface area contributed by atoms with Gasteiger partial charge >= 0.3 is 5.97 Å². The second-order valence-electron chi connectivity index (χ2n) is 6.41. The first-order valence-corrected chi connectivity index (χ1v) is 8.08. The number of unbranched alkanes of at least 4 members (excludes halogenated alkanes) is 1. The van der Waals surface area contributed by atoms with Crippen LogP contribution in [-0.4, -0.2) is 23.5 Å². The number of carboxylic acids is 1. The maximum Gasteiger partial charge on any atom is 0.303 e. The second-order valence-corrected chi connectivity index (χ2v) is 6.41. The van der Waals surface area contributed by atoms with E-state index in [9.17, 15) is 9.59 Å². The van der Waals surface area contributed by atoms with Crippen molar-refractivity contribution in [2.45, 2.75) is 51.4 Å². The molecular formula is C18H25NO3. The van der Waals surface area contributed by atoms with Crippen LogP contribution in [0.1, 0.15) is 62.5 Å². The molecule has 0 spiro atoms. The van der Waals surface area contributed by atoms with E-state index in [1.54, 1.807) is 0 Å². The monoisotopic (exact) mass is 303 g/mol. The fourth-order valence-corrected chi connectivity index (χ4v) is 2.73. The van der Waals surface area contributed by atoms with E-state index in [1.165, 1.54) is 11.1 Å². The minimum atomic E-state index is -0.779. The molecule has 0 heterocycles. The van der Waals surface area contributed by atoms with E-state index < -0.39 is 5.97 Å². The summed E-state index contributed by atoms with van der Waals surface area (Å²) in [5.74, 6) is 0.287. The largest absolute Gasteiger partial charge is 0.481 e. The number of carboxylic acid groups (broad SMARTS) is 1. The molecule has 120 valence electrons. The molecule has 0 radical (unpaired) electrons. The zero-order chi connectivity index (χ0) is 16.1. The topological polar surface area (TPSA) is 66.4 Å². The molecule has 2 unspecified atom stereocenters. The van der Waals surface area contributed by atoms with Crippen LogP contribution < -0.4 is 5.32 Å². The average Bonchev–Trinajstić information content (AvgIpc) is 3.27. The number of rotatable bonds is 8. The molecule has 1 aliphatic rings. The standard InChI is InChI=1S/C18H25NO3/c1-12(2)13-6-8-14(9-7-13)15-11-16(15)18(22)19-10-4-3-5-17(20)21/h6-9,12,15-16H,3-5,10-11H2,1-2H3,(H,19,22)(H,20,21). The van der Waals surface area contributed by atoms with Gasteiger partial charge in [0, 0.05) is 18.9 Å². The molecule has 1 aromatic rings. The molecule has 1 saturated carbocycles. The quantitative estimate of drug-likeness (QED) is 0.724. The van der Waals surface area contributed by atoms with Gasteiger partial charge in [-0.25, -0.2) is 0 Å². The Morgan fingerprint density at radius 2 is 1.91 bits per heavy atom. The number of hydrogen-bond donors (Lipinski definition) is 2.